The van der Waals surface area contributed by atoms with Gasteiger partial charge in [-0.3, -0.25) is 19.2 Å². The Labute approximate surface area is 313 Å². The fourth-order valence-corrected chi connectivity index (χ4v) is 7.75. The fourth-order valence-electron chi connectivity index (χ4n) is 7.75. The molecule has 0 spiro atoms. The largest absolute Gasteiger partial charge is 0.379 e. The Morgan fingerprint density at radius 1 is 0.865 bits per heavy atom. The second kappa shape index (κ2) is 21.6. The Morgan fingerprint density at radius 3 is 1.98 bits per heavy atom. The van der Waals surface area contributed by atoms with E-state index in [1.807, 2.05) is 83.7 Å². The molecule has 0 bridgehead atoms. The summed E-state index contributed by atoms with van der Waals surface area (Å²) in [5.74, 6) is -1.42. The molecule has 1 fully saturated rings. The van der Waals surface area contributed by atoms with Crippen molar-refractivity contribution in [3.05, 3.63) is 35.9 Å². The van der Waals surface area contributed by atoms with Crippen molar-refractivity contribution in [2.75, 3.05) is 42.0 Å². The van der Waals surface area contributed by atoms with Crippen LogP contribution in [-0.2, 0) is 33.4 Å². The third kappa shape index (κ3) is 11.5. The number of nitrogens with one attached hydrogen (secondary N) is 3. The zero-order valence-corrected chi connectivity index (χ0v) is 34.1. The first-order chi connectivity index (χ1) is 24.6. The molecule has 3 N–H and O–H groups in total. The first kappa shape index (κ1) is 45.1. The predicted molar refractivity (Wildman–Crippen MR) is 204 cm³/mol. The summed E-state index contributed by atoms with van der Waals surface area (Å²) in [5, 5.41) is 9.17. The highest BCUT2D eigenvalue weighted by Gasteiger charge is 2.43. The topological polar surface area (TPSA) is 139 Å². The standard InChI is InChI=1S/C40H69N5O7/c1-14-26(6)35(44(10)40(49)34(25(4)5)43-39(48)33(41-9)24(2)3)31(50-11)23-32(46)45-22-18-21-30(45)36(51-12)27(7)38(47)42-28(8)37(52-13)29-19-16-15-17-20-29/h15-17,19-20,24-28,30-31,33-37,41H,14,18,21-23H2,1-13H3,(H,42,47)(H,43,48). The Kier molecular flexibility index (Phi) is 18.7. The number of hydrogen-bond donors (Lipinski definition) is 3. The Balaban J connectivity index is 2.25. The van der Waals surface area contributed by atoms with E-state index in [0.717, 1.165) is 18.4 Å². The molecule has 10 atom stereocenters. The number of rotatable bonds is 21. The van der Waals surface area contributed by atoms with Gasteiger partial charge < -0.3 is 40.0 Å². The Hall–Kier alpha value is -3.06. The van der Waals surface area contributed by atoms with Crippen molar-refractivity contribution in [3.8, 4) is 0 Å². The van der Waals surface area contributed by atoms with Gasteiger partial charge in [-0.15, -0.1) is 0 Å². The van der Waals surface area contributed by atoms with Crippen molar-refractivity contribution < 1.29 is 33.4 Å². The number of amides is 4. The SMILES string of the molecule is CCC(C)C(C(CC(=O)N1CCCC1C(OC)C(C)C(=O)NC(C)C(OC)c1ccccc1)OC)N(C)C(=O)C(NC(=O)C(NC)C(C)C)C(C)C. The molecule has 296 valence electrons. The summed E-state index contributed by atoms with van der Waals surface area (Å²) in [7, 11) is 8.26. The molecule has 2 rings (SSSR count). The summed E-state index contributed by atoms with van der Waals surface area (Å²) in [6, 6.07) is 7.54. The highest BCUT2D eigenvalue weighted by molar-refractivity contribution is 5.90. The lowest BCUT2D eigenvalue weighted by Gasteiger charge is -2.41. The minimum atomic E-state index is -0.750. The maximum absolute atomic E-state index is 14.2. The van der Waals surface area contributed by atoms with Gasteiger partial charge in [0.05, 0.1) is 48.7 Å². The summed E-state index contributed by atoms with van der Waals surface area (Å²) >= 11 is 0. The minimum absolute atomic E-state index is 0.00504. The van der Waals surface area contributed by atoms with Crippen LogP contribution < -0.4 is 16.0 Å². The molecule has 1 aliphatic rings. The van der Waals surface area contributed by atoms with E-state index in [1.54, 1.807) is 40.3 Å². The van der Waals surface area contributed by atoms with Crippen molar-refractivity contribution in [3.63, 3.8) is 0 Å². The lowest BCUT2D eigenvalue weighted by atomic mass is 9.89. The van der Waals surface area contributed by atoms with E-state index in [9.17, 15) is 19.2 Å². The van der Waals surface area contributed by atoms with Gasteiger partial charge >= 0.3 is 0 Å². The molecule has 1 aliphatic heterocycles. The average Bonchev–Trinajstić information content (AvgIpc) is 3.60. The first-order valence-corrected chi connectivity index (χ1v) is 19.1. The maximum atomic E-state index is 14.2. The number of likely N-dealkylation sites (tertiary alicyclic amines) is 1. The molecular formula is C40H69N5O7. The van der Waals surface area contributed by atoms with Gasteiger partial charge in [-0.2, -0.15) is 0 Å². The number of likely N-dealkylation sites (N-methyl/N-ethyl adjacent to an activating group) is 2. The number of carbonyl (C=O) groups excluding carboxylic acids is 4. The van der Waals surface area contributed by atoms with E-state index >= 15 is 0 Å². The summed E-state index contributed by atoms with van der Waals surface area (Å²) < 4.78 is 17.7. The molecular weight excluding hydrogens is 662 g/mol. The Morgan fingerprint density at radius 2 is 1.48 bits per heavy atom. The third-order valence-electron chi connectivity index (χ3n) is 11.0. The number of methoxy groups -OCH3 is 3. The second-order valence-electron chi connectivity index (χ2n) is 15.2. The summed E-state index contributed by atoms with van der Waals surface area (Å²) in [4.78, 5) is 58.6. The van der Waals surface area contributed by atoms with Crippen LogP contribution in [0.2, 0.25) is 0 Å². The lowest BCUT2D eigenvalue weighted by Crippen LogP contribution is -2.59. The molecule has 0 saturated carbocycles. The van der Waals surface area contributed by atoms with E-state index < -0.39 is 36.3 Å². The van der Waals surface area contributed by atoms with Gasteiger partial charge in [0, 0.05) is 34.9 Å². The third-order valence-corrected chi connectivity index (χ3v) is 11.0. The molecule has 0 radical (unpaired) electrons. The number of hydrogen-bond acceptors (Lipinski definition) is 8. The molecule has 0 aliphatic carbocycles. The van der Waals surface area contributed by atoms with Crippen LogP contribution >= 0.6 is 0 Å². The molecule has 1 heterocycles. The van der Waals surface area contributed by atoms with Crippen LogP contribution in [0.5, 0.6) is 0 Å². The van der Waals surface area contributed by atoms with E-state index in [2.05, 4.69) is 22.9 Å². The average molecular weight is 732 g/mol. The normalized spacial score (nSPS) is 20.0. The number of ether oxygens (including phenoxy) is 3. The molecule has 12 nitrogen and oxygen atoms in total. The number of nitrogens with zero attached hydrogens (tertiary/aromatic N) is 2. The van der Waals surface area contributed by atoms with Gasteiger partial charge in [-0.05, 0) is 50.1 Å². The van der Waals surface area contributed by atoms with E-state index in [1.165, 1.54) is 0 Å². The molecule has 4 amide bonds. The van der Waals surface area contributed by atoms with Crippen molar-refractivity contribution in [2.24, 2.45) is 23.7 Å². The van der Waals surface area contributed by atoms with Crippen LogP contribution in [0.25, 0.3) is 0 Å². The zero-order chi connectivity index (χ0) is 39.3. The molecule has 10 unspecified atom stereocenters. The molecule has 12 heteroatoms. The van der Waals surface area contributed by atoms with E-state index in [0.29, 0.717) is 13.0 Å². The molecule has 0 aromatic heterocycles. The van der Waals surface area contributed by atoms with Crippen LogP contribution in [0.1, 0.15) is 92.7 Å². The highest BCUT2D eigenvalue weighted by Crippen LogP contribution is 2.30. The zero-order valence-electron chi connectivity index (χ0n) is 34.1. The van der Waals surface area contributed by atoms with Gasteiger partial charge in [0.2, 0.25) is 23.6 Å². The van der Waals surface area contributed by atoms with Crippen molar-refractivity contribution in [2.45, 2.75) is 130 Å². The van der Waals surface area contributed by atoms with Crippen molar-refractivity contribution in [1.82, 2.24) is 25.8 Å². The van der Waals surface area contributed by atoms with E-state index in [-0.39, 0.29) is 66.0 Å². The summed E-state index contributed by atoms with van der Waals surface area (Å²) in [6.45, 7) is 16.1. The summed E-state index contributed by atoms with van der Waals surface area (Å²) in [6.07, 6.45) is 0.825. The van der Waals surface area contributed by atoms with Gasteiger partial charge in [-0.25, -0.2) is 0 Å². The number of benzene rings is 1. The minimum Gasteiger partial charge on any atom is -0.379 e. The fraction of sp³-hybridized carbons (Fsp3) is 0.750. The van der Waals surface area contributed by atoms with Crippen LogP contribution in [0.15, 0.2) is 30.3 Å². The van der Waals surface area contributed by atoms with Gasteiger partial charge in [0.1, 0.15) is 12.1 Å². The maximum Gasteiger partial charge on any atom is 0.245 e. The van der Waals surface area contributed by atoms with Crippen LogP contribution in [0, 0.1) is 23.7 Å². The van der Waals surface area contributed by atoms with Crippen LogP contribution in [-0.4, -0.2) is 118 Å². The summed E-state index contributed by atoms with van der Waals surface area (Å²) in [5.41, 5.74) is 0.968. The monoisotopic (exact) mass is 732 g/mol. The van der Waals surface area contributed by atoms with Crippen LogP contribution in [0.3, 0.4) is 0 Å². The van der Waals surface area contributed by atoms with Gasteiger partial charge in [0.25, 0.3) is 0 Å². The molecule has 52 heavy (non-hydrogen) atoms. The first-order valence-electron chi connectivity index (χ1n) is 19.1. The van der Waals surface area contributed by atoms with Crippen molar-refractivity contribution >= 4 is 23.6 Å². The Bertz CT molecular complexity index is 1260. The van der Waals surface area contributed by atoms with E-state index in [4.69, 9.17) is 14.2 Å². The number of carbonyl (C=O) groups is 4. The highest BCUT2D eigenvalue weighted by atomic mass is 16.5. The van der Waals surface area contributed by atoms with Crippen LogP contribution in [0.4, 0.5) is 0 Å². The predicted octanol–water partition coefficient (Wildman–Crippen LogP) is 4.18. The lowest BCUT2D eigenvalue weighted by molar-refractivity contribution is -0.148. The van der Waals surface area contributed by atoms with Gasteiger partial charge in [-0.1, -0.05) is 85.2 Å². The van der Waals surface area contributed by atoms with Gasteiger partial charge in [0.15, 0.2) is 0 Å². The molecule has 1 aromatic rings. The smallest absolute Gasteiger partial charge is 0.245 e. The quantitative estimate of drug-likeness (QED) is 0.171. The second-order valence-corrected chi connectivity index (χ2v) is 15.2. The van der Waals surface area contributed by atoms with Crippen molar-refractivity contribution in [1.29, 1.82) is 0 Å². The molecule has 1 aromatic carbocycles. The molecule has 1 saturated heterocycles.